The highest BCUT2D eigenvalue weighted by molar-refractivity contribution is 5.77. The van der Waals surface area contributed by atoms with Crippen LogP contribution in [0.25, 0.3) is 0 Å². The molecule has 0 aromatic carbocycles. The molecule has 0 N–H and O–H groups in total. The van der Waals surface area contributed by atoms with Crippen molar-refractivity contribution in [1.82, 2.24) is 0 Å². The van der Waals surface area contributed by atoms with Crippen molar-refractivity contribution in [2.24, 2.45) is 47.3 Å². The van der Waals surface area contributed by atoms with Gasteiger partial charge in [-0.3, -0.25) is 14.4 Å². The van der Waals surface area contributed by atoms with Gasteiger partial charge in [-0.1, -0.05) is 27.7 Å². The van der Waals surface area contributed by atoms with E-state index in [2.05, 4.69) is 13.8 Å². The number of aldehydes is 1. The zero-order valence-electron chi connectivity index (χ0n) is 25.7. The van der Waals surface area contributed by atoms with E-state index in [1.165, 1.54) is 21.1 Å². The van der Waals surface area contributed by atoms with Crippen LogP contribution in [0.2, 0.25) is 0 Å². The molecule has 2 fully saturated rings. The van der Waals surface area contributed by atoms with Gasteiger partial charge in [0.25, 0.3) is 0 Å². The van der Waals surface area contributed by atoms with Crippen LogP contribution >= 0.6 is 0 Å². The lowest BCUT2D eigenvalue weighted by molar-refractivity contribution is -0.170. The van der Waals surface area contributed by atoms with Gasteiger partial charge < -0.3 is 23.8 Å². The third kappa shape index (κ3) is 7.61. The second-order valence-electron chi connectivity index (χ2n) is 12.3. The Morgan fingerprint density at radius 3 is 1.95 bits per heavy atom. The summed E-state index contributed by atoms with van der Waals surface area (Å²) >= 11 is 0. The van der Waals surface area contributed by atoms with E-state index in [0.29, 0.717) is 32.1 Å². The lowest BCUT2D eigenvalue weighted by Gasteiger charge is -2.50. The molecule has 0 aromatic rings. The van der Waals surface area contributed by atoms with Crippen molar-refractivity contribution >= 4 is 29.8 Å². The van der Waals surface area contributed by atoms with Crippen LogP contribution in [0.5, 0.6) is 0 Å². The summed E-state index contributed by atoms with van der Waals surface area (Å²) in [6.07, 6.45) is 7.36. The highest BCUT2D eigenvalue weighted by atomic mass is 16.5. The first-order chi connectivity index (χ1) is 18.8. The number of carbonyl (C=O) groups excluding carboxylic acids is 5. The Morgan fingerprint density at radius 1 is 0.850 bits per heavy atom. The first kappa shape index (κ1) is 33.7. The molecule has 2 aliphatic carbocycles. The van der Waals surface area contributed by atoms with E-state index in [4.69, 9.17) is 14.2 Å². The maximum atomic E-state index is 13.2. The summed E-state index contributed by atoms with van der Waals surface area (Å²) in [7, 11) is 2.71. The number of allylic oxidation sites excluding steroid dienone is 1. The fourth-order valence-corrected chi connectivity index (χ4v) is 7.28. The third-order valence-electron chi connectivity index (χ3n) is 9.81. The van der Waals surface area contributed by atoms with E-state index in [9.17, 15) is 24.0 Å². The molecule has 9 atom stereocenters. The summed E-state index contributed by atoms with van der Waals surface area (Å²) in [6.45, 7) is 10.9. The molecule has 0 heterocycles. The average molecular weight is 563 g/mol. The van der Waals surface area contributed by atoms with Crippen LogP contribution in [-0.4, -0.2) is 49.6 Å². The lowest BCUT2D eigenvalue weighted by Crippen LogP contribution is -2.56. The van der Waals surface area contributed by atoms with Crippen LogP contribution in [0.1, 0.15) is 92.9 Å². The minimum Gasteiger partial charge on any atom is -0.487 e. The number of hydrogen-bond donors (Lipinski definition) is 0. The van der Waals surface area contributed by atoms with Crippen molar-refractivity contribution in [3.8, 4) is 0 Å². The first-order valence-corrected chi connectivity index (χ1v) is 14.8. The minimum absolute atomic E-state index is 0.00776. The van der Waals surface area contributed by atoms with Crippen molar-refractivity contribution in [3.05, 3.63) is 11.8 Å². The van der Waals surface area contributed by atoms with E-state index in [1.807, 2.05) is 6.92 Å². The zero-order chi connectivity index (χ0) is 30.2. The predicted molar refractivity (Wildman–Crippen MR) is 151 cm³/mol. The fraction of sp³-hybridized carbons (Fsp3) is 0.781. The van der Waals surface area contributed by atoms with Gasteiger partial charge in [0.1, 0.15) is 11.6 Å². The number of rotatable bonds is 13. The highest BCUT2D eigenvalue weighted by Crippen LogP contribution is 2.50. The molecule has 40 heavy (non-hydrogen) atoms. The number of methoxy groups -OCH3 is 2. The molecular weight excluding hydrogens is 512 g/mol. The molecule has 1 unspecified atom stereocenters. The molecule has 2 rings (SSSR count). The molecule has 2 saturated carbocycles. The summed E-state index contributed by atoms with van der Waals surface area (Å²) in [5, 5.41) is 0. The van der Waals surface area contributed by atoms with E-state index >= 15 is 0 Å². The van der Waals surface area contributed by atoms with Gasteiger partial charge in [-0.25, -0.2) is 0 Å². The molecule has 0 aliphatic heterocycles. The minimum atomic E-state index is -1.35. The van der Waals surface area contributed by atoms with Crippen LogP contribution in [0.4, 0.5) is 0 Å². The topological polar surface area (TPSA) is 113 Å². The zero-order valence-corrected chi connectivity index (χ0v) is 25.7. The lowest BCUT2D eigenvalue weighted by atomic mass is 9.59. The van der Waals surface area contributed by atoms with E-state index in [1.54, 1.807) is 20.1 Å². The van der Waals surface area contributed by atoms with E-state index in [-0.39, 0.29) is 47.1 Å². The number of esters is 2. The molecular formula is C32H50O8. The van der Waals surface area contributed by atoms with Gasteiger partial charge in [-0.05, 0) is 81.6 Å². The molecule has 8 nitrogen and oxygen atoms in total. The van der Waals surface area contributed by atoms with Crippen molar-refractivity contribution in [3.63, 3.8) is 0 Å². The Morgan fingerprint density at radius 2 is 1.40 bits per heavy atom. The maximum Gasteiger partial charge on any atom is 0.308 e. The summed E-state index contributed by atoms with van der Waals surface area (Å²) in [5.41, 5.74) is -0.439. The summed E-state index contributed by atoms with van der Waals surface area (Å²) < 4.78 is 16.8. The standard InChI is InChI=1S/C32H50O8/c1-19-9-13-26(23(5)30(36)38-7)27(25(19)14-11-21(3)34)17-40-32(18-33)28(16-12-22(4)35)20(2)10-15-29(32)24(6)31(37)39-8/h17-20,23-26,28-29H,9-16H2,1-8H3/b27-17+/t19-,20-,23-,24-,25+,26+,28+,29+,32?/m1/s1. The van der Waals surface area contributed by atoms with E-state index < -0.39 is 29.3 Å². The van der Waals surface area contributed by atoms with Gasteiger partial charge >= 0.3 is 11.9 Å². The molecule has 0 radical (unpaired) electrons. The molecule has 0 bridgehead atoms. The second-order valence-corrected chi connectivity index (χ2v) is 12.3. The molecule has 226 valence electrons. The van der Waals surface area contributed by atoms with Crippen molar-refractivity contribution in [1.29, 1.82) is 0 Å². The van der Waals surface area contributed by atoms with Gasteiger partial charge in [0.15, 0.2) is 11.9 Å². The maximum absolute atomic E-state index is 13.2. The van der Waals surface area contributed by atoms with Crippen LogP contribution in [-0.2, 0) is 38.2 Å². The molecule has 2 aliphatic rings. The summed E-state index contributed by atoms with van der Waals surface area (Å²) in [5.74, 6) is -2.18. The Hall–Kier alpha value is -2.51. The largest absolute Gasteiger partial charge is 0.487 e. The number of ether oxygens (including phenoxy) is 3. The number of ketones is 2. The molecule has 0 spiro atoms. The average Bonchev–Trinajstić information content (AvgIpc) is 2.92. The van der Waals surface area contributed by atoms with Gasteiger partial charge in [0.2, 0.25) is 0 Å². The molecule has 0 aromatic heterocycles. The normalized spacial score (nSPS) is 33.0. The monoisotopic (exact) mass is 562 g/mol. The molecule has 0 amide bonds. The van der Waals surface area contributed by atoms with Gasteiger partial charge in [-0.15, -0.1) is 0 Å². The number of hydrogen-bond acceptors (Lipinski definition) is 8. The Balaban J connectivity index is 2.67. The molecule has 8 heteroatoms. The van der Waals surface area contributed by atoms with Crippen molar-refractivity contribution < 1.29 is 38.2 Å². The van der Waals surface area contributed by atoms with Crippen LogP contribution in [0.3, 0.4) is 0 Å². The molecule has 0 saturated heterocycles. The van der Waals surface area contributed by atoms with E-state index in [0.717, 1.165) is 31.1 Å². The SMILES string of the molecule is COC(=O)[C@H](C)[C@@H]1CC[C@@H](C)[C@H](CCC(C)=O)/C1=C\OC1(C=O)[C@@H](CCC(C)=O)[C@H](C)CC[C@H]1[C@@H](C)C(=O)OC. The Labute approximate surface area is 239 Å². The van der Waals surface area contributed by atoms with Crippen LogP contribution in [0.15, 0.2) is 11.8 Å². The van der Waals surface area contributed by atoms with Crippen molar-refractivity contribution in [2.45, 2.75) is 98.5 Å². The summed E-state index contributed by atoms with van der Waals surface area (Å²) in [4.78, 5) is 62.5. The van der Waals surface area contributed by atoms with Gasteiger partial charge in [0.05, 0.1) is 32.3 Å². The van der Waals surface area contributed by atoms with Crippen LogP contribution in [0, 0.1) is 47.3 Å². The fourth-order valence-electron chi connectivity index (χ4n) is 7.28. The van der Waals surface area contributed by atoms with Crippen LogP contribution < -0.4 is 0 Å². The quantitative estimate of drug-likeness (QED) is 0.164. The first-order valence-electron chi connectivity index (χ1n) is 14.8. The Bertz CT molecular complexity index is 955. The predicted octanol–water partition coefficient (Wildman–Crippen LogP) is 5.51. The number of Topliss-reactive ketones (excluding diaryl/α,β-unsaturated/α-hetero) is 2. The van der Waals surface area contributed by atoms with Crippen molar-refractivity contribution in [2.75, 3.05) is 14.2 Å². The second kappa shape index (κ2) is 14.9. The van der Waals surface area contributed by atoms with Gasteiger partial charge in [0, 0.05) is 24.7 Å². The summed E-state index contributed by atoms with van der Waals surface area (Å²) in [6, 6.07) is 0. The third-order valence-corrected chi connectivity index (χ3v) is 9.81. The smallest absolute Gasteiger partial charge is 0.308 e. The van der Waals surface area contributed by atoms with Gasteiger partial charge in [-0.2, -0.15) is 0 Å². The number of carbonyl (C=O) groups is 5. The Kier molecular flexibility index (Phi) is 12.6. The highest BCUT2D eigenvalue weighted by Gasteiger charge is 2.55.